The second kappa shape index (κ2) is 9.83. The van der Waals surface area contributed by atoms with Crippen LogP contribution in [0.4, 0.5) is 5.69 Å². The van der Waals surface area contributed by atoms with E-state index in [4.69, 9.17) is 14.2 Å². The van der Waals surface area contributed by atoms with Crippen molar-refractivity contribution in [3.05, 3.63) is 49.6 Å². The van der Waals surface area contributed by atoms with Crippen LogP contribution in [0.3, 0.4) is 0 Å². The minimum Gasteiger partial charge on any atom is -0.497 e. The number of likely N-dealkylation sites (tertiary alicyclic amines) is 1. The van der Waals surface area contributed by atoms with Crippen LogP contribution in [0.2, 0.25) is 0 Å². The summed E-state index contributed by atoms with van der Waals surface area (Å²) < 4.78 is 16.9. The minimum absolute atomic E-state index is 0.0274. The van der Waals surface area contributed by atoms with E-state index in [1.54, 1.807) is 49.3 Å². The van der Waals surface area contributed by atoms with Crippen molar-refractivity contribution in [2.24, 2.45) is 11.8 Å². The number of esters is 1. The van der Waals surface area contributed by atoms with E-state index in [9.17, 15) is 19.5 Å². The van der Waals surface area contributed by atoms with Crippen LogP contribution in [0.1, 0.15) is 19.8 Å². The molecule has 2 unspecified atom stereocenters. The zero-order valence-electron chi connectivity index (χ0n) is 20.1. The van der Waals surface area contributed by atoms with E-state index < -0.39 is 41.6 Å². The summed E-state index contributed by atoms with van der Waals surface area (Å²) in [6, 6.07) is 5.35. The molecule has 9 heteroatoms. The first kappa shape index (κ1) is 24.9. The molecule has 4 rings (SSSR count). The topological polar surface area (TPSA) is 106 Å². The lowest BCUT2D eigenvalue weighted by molar-refractivity contribution is -0.154. The molecule has 1 aromatic rings. The van der Waals surface area contributed by atoms with Gasteiger partial charge in [-0.25, -0.2) is 0 Å². The summed E-state index contributed by atoms with van der Waals surface area (Å²) in [6.45, 7) is 8.93. The fourth-order valence-electron chi connectivity index (χ4n) is 5.80. The van der Waals surface area contributed by atoms with E-state index in [0.717, 1.165) is 0 Å². The average Bonchev–Trinajstić information content (AvgIpc) is 3.52. The lowest BCUT2D eigenvalue weighted by atomic mass is 9.70. The molecule has 3 heterocycles. The van der Waals surface area contributed by atoms with Gasteiger partial charge in [0.2, 0.25) is 5.91 Å². The highest BCUT2D eigenvalue weighted by atomic mass is 16.6. The molecule has 3 aliphatic rings. The number of carbonyl (C=O) groups excluding carboxylic acids is 3. The average molecular weight is 485 g/mol. The number of anilines is 1. The Balaban J connectivity index is 1.76. The molecule has 0 saturated carbocycles. The molecule has 1 spiro atoms. The molecule has 188 valence electrons. The first-order valence-corrected chi connectivity index (χ1v) is 11.8. The molecule has 3 saturated heterocycles. The Bertz CT molecular complexity index is 1010. The number of nitrogens with zero attached hydrogens (tertiary/aromatic N) is 2. The minimum atomic E-state index is -1.17. The molecular weight excluding hydrogens is 452 g/mol. The zero-order chi connectivity index (χ0) is 25.3. The van der Waals surface area contributed by atoms with Crippen molar-refractivity contribution in [2.45, 2.75) is 43.6 Å². The standard InChI is InChI=1S/C26H32N2O7/c1-5-13-27(17-7-9-18(33-4)10-8-17)24(31)22-26-12-11-19(35-26)20(25(32)34-14-6-2)21(26)23(30)28(22)16(3)15-29/h5-10,16,19-22,29H,1-2,11-15H2,3-4H3/t16-,19+,20-,21+,22?,26?/m1/s1. The largest absolute Gasteiger partial charge is 0.497 e. The summed E-state index contributed by atoms with van der Waals surface area (Å²) >= 11 is 0. The molecule has 2 bridgehead atoms. The smallest absolute Gasteiger partial charge is 0.312 e. The number of fused-ring (bicyclic) bond motifs is 1. The Morgan fingerprint density at radius 1 is 1.31 bits per heavy atom. The van der Waals surface area contributed by atoms with Gasteiger partial charge in [-0.15, -0.1) is 6.58 Å². The van der Waals surface area contributed by atoms with Crippen LogP contribution >= 0.6 is 0 Å². The van der Waals surface area contributed by atoms with E-state index in [2.05, 4.69) is 13.2 Å². The third-order valence-electron chi connectivity index (χ3n) is 7.29. The number of hydrogen-bond donors (Lipinski definition) is 1. The third-order valence-corrected chi connectivity index (χ3v) is 7.29. The van der Waals surface area contributed by atoms with Crippen LogP contribution in [0.25, 0.3) is 0 Å². The molecule has 0 aliphatic carbocycles. The summed E-state index contributed by atoms with van der Waals surface area (Å²) in [4.78, 5) is 43.9. The van der Waals surface area contributed by atoms with Crippen molar-refractivity contribution < 1.29 is 33.7 Å². The van der Waals surface area contributed by atoms with Gasteiger partial charge in [-0.1, -0.05) is 18.7 Å². The number of carbonyl (C=O) groups is 3. The SMILES string of the molecule is C=CCOC(=O)[C@@H]1[C@@H]2CCC3(O2)C(C(=O)N(CC=C)c2ccc(OC)cc2)N([C@H](C)CO)C(=O)[C@H]13. The molecule has 1 aromatic carbocycles. The molecule has 3 aliphatic heterocycles. The summed E-state index contributed by atoms with van der Waals surface area (Å²) in [7, 11) is 1.56. The molecule has 0 aromatic heterocycles. The highest BCUT2D eigenvalue weighted by molar-refractivity contribution is 6.04. The van der Waals surface area contributed by atoms with Crippen molar-refractivity contribution in [3.8, 4) is 5.75 Å². The maximum absolute atomic E-state index is 14.2. The first-order chi connectivity index (χ1) is 16.8. The molecule has 1 N–H and O–H groups in total. The number of amides is 2. The Kier molecular flexibility index (Phi) is 7.00. The second-order valence-electron chi connectivity index (χ2n) is 9.19. The van der Waals surface area contributed by atoms with E-state index in [0.29, 0.717) is 24.3 Å². The zero-order valence-corrected chi connectivity index (χ0v) is 20.1. The molecule has 9 nitrogen and oxygen atoms in total. The van der Waals surface area contributed by atoms with Gasteiger partial charge in [-0.3, -0.25) is 14.4 Å². The number of hydrogen-bond acceptors (Lipinski definition) is 7. The monoisotopic (exact) mass is 484 g/mol. The van der Waals surface area contributed by atoms with Crippen molar-refractivity contribution >= 4 is 23.5 Å². The number of aliphatic hydroxyl groups is 1. The molecule has 2 amide bonds. The lowest BCUT2D eigenvalue weighted by Crippen LogP contribution is -2.58. The quantitative estimate of drug-likeness (QED) is 0.398. The Hall–Kier alpha value is -3.17. The second-order valence-corrected chi connectivity index (χ2v) is 9.19. The maximum Gasteiger partial charge on any atom is 0.312 e. The van der Waals surface area contributed by atoms with Crippen LogP contribution in [-0.4, -0.2) is 78.4 Å². The number of methoxy groups -OCH3 is 1. The predicted octanol–water partition coefficient (Wildman–Crippen LogP) is 1.70. The lowest BCUT2D eigenvalue weighted by Gasteiger charge is -2.38. The van der Waals surface area contributed by atoms with Gasteiger partial charge in [0.15, 0.2) is 0 Å². The fourth-order valence-corrected chi connectivity index (χ4v) is 5.80. The highest BCUT2D eigenvalue weighted by Gasteiger charge is 2.75. The van der Waals surface area contributed by atoms with Crippen molar-refractivity contribution in [1.29, 1.82) is 0 Å². The summed E-state index contributed by atoms with van der Waals surface area (Å²) in [5, 5.41) is 9.96. The van der Waals surface area contributed by atoms with Crippen LogP contribution in [-0.2, 0) is 23.9 Å². The Morgan fingerprint density at radius 2 is 2.03 bits per heavy atom. The van der Waals surface area contributed by atoms with Gasteiger partial charge in [-0.2, -0.15) is 0 Å². The highest BCUT2D eigenvalue weighted by Crippen LogP contribution is 2.59. The van der Waals surface area contributed by atoms with Crippen molar-refractivity contribution in [1.82, 2.24) is 4.90 Å². The number of ether oxygens (including phenoxy) is 3. The molecule has 6 atom stereocenters. The van der Waals surface area contributed by atoms with Gasteiger partial charge in [0.1, 0.15) is 24.0 Å². The van der Waals surface area contributed by atoms with Gasteiger partial charge in [0.05, 0.1) is 37.7 Å². The van der Waals surface area contributed by atoms with Crippen molar-refractivity contribution in [2.75, 3.05) is 31.8 Å². The van der Waals surface area contributed by atoms with Crippen LogP contribution in [0.5, 0.6) is 5.75 Å². The van der Waals surface area contributed by atoms with E-state index >= 15 is 0 Å². The van der Waals surface area contributed by atoms with Crippen LogP contribution in [0.15, 0.2) is 49.6 Å². The number of rotatable bonds is 10. The molecule has 0 radical (unpaired) electrons. The number of benzene rings is 1. The normalized spacial score (nSPS) is 29.5. The van der Waals surface area contributed by atoms with Gasteiger partial charge in [-0.05, 0) is 44.0 Å². The third kappa shape index (κ3) is 3.92. The first-order valence-electron chi connectivity index (χ1n) is 11.8. The maximum atomic E-state index is 14.2. The van der Waals surface area contributed by atoms with Gasteiger partial charge in [0, 0.05) is 12.2 Å². The van der Waals surface area contributed by atoms with E-state index in [1.165, 1.54) is 11.0 Å². The Labute approximate surface area is 204 Å². The fraction of sp³-hybridized carbons (Fsp3) is 0.500. The number of aliphatic hydroxyl groups excluding tert-OH is 1. The van der Waals surface area contributed by atoms with E-state index in [1.807, 2.05) is 0 Å². The van der Waals surface area contributed by atoms with Crippen LogP contribution in [0, 0.1) is 11.8 Å². The van der Waals surface area contributed by atoms with Gasteiger partial charge < -0.3 is 29.1 Å². The molecule has 35 heavy (non-hydrogen) atoms. The molecule has 3 fully saturated rings. The summed E-state index contributed by atoms with van der Waals surface area (Å²) in [5.74, 6) is -2.28. The summed E-state index contributed by atoms with van der Waals surface area (Å²) in [6.07, 6.45) is 3.56. The summed E-state index contributed by atoms with van der Waals surface area (Å²) in [5.41, 5.74) is -0.569. The van der Waals surface area contributed by atoms with E-state index in [-0.39, 0.29) is 31.6 Å². The van der Waals surface area contributed by atoms with Crippen LogP contribution < -0.4 is 9.64 Å². The molecular formula is C26H32N2O7. The predicted molar refractivity (Wildman–Crippen MR) is 128 cm³/mol. The van der Waals surface area contributed by atoms with Crippen molar-refractivity contribution in [3.63, 3.8) is 0 Å². The Morgan fingerprint density at radius 3 is 2.63 bits per heavy atom. The van der Waals surface area contributed by atoms with Gasteiger partial charge >= 0.3 is 5.97 Å². The van der Waals surface area contributed by atoms with Gasteiger partial charge in [0.25, 0.3) is 5.91 Å².